The first kappa shape index (κ1) is 10.0. The van der Waals surface area contributed by atoms with Crippen LogP contribution >= 0.6 is 0 Å². The zero-order valence-electron chi connectivity index (χ0n) is 7.65. The molecule has 0 aliphatic rings. The van der Waals surface area contributed by atoms with Crippen molar-refractivity contribution >= 4 is 0 Å². The number of rotatable bonds is 3. The van der Waals surface area contributed by atoms with Gasteiger partial charge in [0.15, 0.2) is 0 Å². The van der Waals surface area contributed by atoms with Gasteiger partial charge in [-0.1, -0.05) is 25.8 Å². The molecule has 0 aromatic carbocycles. The van der Waals surface area contributed by atoms with E-state index in [0.29, 0.717) is 0 Å². The minimum atomic E-state index is 1.03. The zero-order valence-corrected chi connectivity index (χ0v) is 7.65. The Kier molecular flexibility index (Phi) is 5.29. The molecule has 0 aromatic heterocycles. The Labute approximate surface area is 70.0 Å². The molecule has 0 radical (unpaired) electrons. The molecule has 0 heterocycles. The lowest BCUT2D eigenvalue weighted by molar-refractivity contribution is 1.02. The van der Waals surface area contributed by atoms with E-state index in [1.54, 1.807) is 0 Å². The standard InChI is InChI=1S/C11H16/c1-5-9-11(8-4)10(6-2)7-3/h1,6,9H,7-8H2,2-4H3/b10-6-,11-9-. The van der Waals surface area contributed by atoms with E-state index in [0.717, 1.165) is 12.8 Å². The maximum atomic E-state index is 5.20. The molecule has 0 N–H and O–H groups in total. The van der Waals surface area contributed by atoms with Crippen molar-refractivity contribution in [2.45, 2.75) is 33.6 Å². The Balaban J connectivity index is 4.52. The van der Waals surface area contributed by atoms with Crippen LogP contribution in [0.4, 0.5) is 0 Å². The van der Waals surface area contributed by atoms with Crippen LogP contribution in [0.25, 0.3) is 0 Å². The summed E-state index contributed by atoms with van der Waals surface area (Å²) in [6, 6.07) is 0. The molecule has 0 fully saturated rings. The molecule has 0 amide bonds. The molecule has 60 valence electrons. The van der Waals surface area contributed by atoms with Gasteiger partial charge in [0.1, 0.15) is 0 Å². The Morgan fingerprint density at radius 1 is 1.27 bits per heavy atom. The van der Waals surface area contributed by atoms with E-state index >= 15 is 0 Å². The molecular formula is C11H16. The van der Waals surface area contributed by atoms with Crippen LogP contribution in [0.2, 0.25) is 0 Å². The molecule has 0 saturated carbocycles. The zero-order chi connectivity index (χ0) is 8.69. The second kappa shape index (κ2) is 5.80. The molecule has 0 aromatic rings. The predicted molar refractivity (Wildman–Crippen MR) is 51.3 cm³/mol. The summed E-state index contributed by atoms with van der Waals surface area (Å²) in [6.45, 7) is 6.33. The van der Waals surface area contributed by atoms with Crippen molar-refractivity contribution in [1.82, 2.24) is 0 Å². The predicted octanol–water partition coefficient (Wildman–Crippen LogP) is 3.31. The van der Waals surface area contributed by atoms with Crippen LogP contribution in [-0.2, 0) is 0 Å². The normalized spacial score (nSPS) is 12.9. The van der Waals surface area contributed by atoms with Crippen molar-refractivity contribution in [3.05, 3.63) is 23.3 Å². The third kappa shape index (κ3) is 3.09. The van der Waals surface area contributed by atoms with Crippen molar-refractivity contribution in [3.63, 3.8) is 0 Å². The van der Waals surface area contributed by atoms with Gasteiger partial charge in [-0.15, -0.1) is 6.42 Å². The lowest BCUT2D eigenvalue weighted by Gasteiger charge is -2.04. The highest BCUT2D eigenvalue weighted by atomic mass is 14.0. The van der Waals surface area contributed by atoms with Crippen LogP contribution in [0.15, 0.2) is 23.3 Å². The van der Waals surface area contributed by atoms with Gasteiger partial charge in [-0.3, -0.25) is 0 Å². The highest BCUT2D eigenvalue weighted by molar-refractivity contribution is 5.34. The molecule has 11 heavy (non-hydrogen) atoms. The molecule has 0 bridgehead atoms. The van der Waals surface area contributed by atoms with Gasteiger partial charge >= 0.3 is 0 Å². The Hall–Kier alpha value is -0.960. The van der Waals surface area contributed by atoms with Gasteiger partial charge in [-0.05, 0) is 37.0 Å². The van der Waals surface area contributed by atoms with Crippen LogP contribution in [0.1, 0.15) is 33.6 Å². The third-order valence-corrected chi connectivity index (χ3v) is 1.78. The van der Waals surface area contributed by atoms with Gasteiger partial charge in [0.05, 0.1) is 0 Å². The first-order chi connectivity index (χ1) is 5.29. The summed E-state index contributed by atoms with van der Waals surface area (Å²) in [6.07, 6.45) is 11.3. The summed E-state index contributed by atoms with van der Waals surface area (Å²) < 4.78 is 0. The average molecular weight is 148 g/mol. The fraction of sp³-hybridized carbons (Fsp3) is 0.455. The molecule has 0 aliphatic carbocycles. The first-order valence-electron chi connectivity index (χ1n) is 4.10. The first-order valence-corrected chi connectivity index (χ1v) is 4.10. The summed E-state index contributed by atoms with van der Waals surface area (Å²) >= 11 is 0. The van der Waals surface area contributed by atoms with Gasteiger partial charge in [0, 0.05) is 0 Å². The van der Waals surface area contributed by atoms with Crippen LogP contribution in [0.3, 0.4) is 0 Å². The van der Waals surface area contributed by atoms with Crippen molar-refractivity contribution < 1.29 is 0 Å². The fourth-order valence-electron chi connectivity index (χ4n) is 1.14. The number of terminal acetylenes is 1. The van der Waals surface area contributed by atoms with Crippen molar-refractivity contribution in [3.8, 4) is 12.3 Å². The number of hydrogen-bond acceptors (Lipinski definition) is 0. The summed E-state index contributed by atoms with van der Waals surface area (Å²) in [5.41, 5.74) is 2.66. The highest BCUT2D eigenvalue weighted by Crippen LogP contribution is 2.16. The van der Waals surface area contributed by atoms with E-state index in [1.807, 2.05) is 6.08 Å². The van der Waals surface area contributed by atoms with E-state index in [2.05, 4.69) is 32.8 Å². The minimum Gasteiger partial charge on any atom is -0.115 e. The van der Waals surface area contributed by atoms with Gasteiger partial charge in [0.25, 0.3) is 0 Å². The molecule has 0 saturated heterocycles. The maximum Gasteiger partial charge on any atom is -0.00869 e. The van der Waals surface area contributed by atoms with Crippen LogP contribution in [0, 0.1) is 12.3 Å². The van der Waals surface area contributed by atoms with Gasteiger partial charge in [0.2, 0.25) is 0 Å². The lowest BCUT2D eigenvalue weighted by Crippen LogP contribution is -1.85. The van der Waals surface area contributed by atoms with Crippen molar-refractivity contribution in [2.24, 2.45) is 0 Å². The maximum absolute atomic E-state index is 5.20. The second-order valence-corrected chi connectivity index (χ2v) is 2.36. The minimum absolute atomic E-state index is 1.03. The molecule has 0 rings (SSSR count). The van der Waals surface area contributed by atoms with E-state index in [4.69, 9.17) is 6.42 Å². The van der Waals surface area contributed by atoms with Crippen LogP contribution in [0.5, 0.6) is 0 Å². The molecular weight excluding hydrogens is 132 g/mol. The molecule has 0 nitrogen and oxygen atoms in total. The van der Waals surface area contributed by atoms with E-state index in [1.165, 1.54) is 11.1 Å². The van der Waals surface area contributed by atoms with Crippen LogP contribution < -0.4 is 0 Å². The largest absolute Gasteiger partial charge is 0.115 e. The lowest BCUT2D eigenvalue weighted by atomic mass is 10.0. The summed E-state index contributed by atoms with van der Waals surface area (Å²) in [7, 11) is 0. The van der Waals surface area contributed by atoms with Crippen LogP contribution in [-0.4, -0.2) is 0 Å². The Bertz CT molecular complexity index is 199. The van der Waals surface area contributed by atoms with E-state index < -0.39 is 0 Å². The monoisotopic (exact) mass is 148 g/mol. The Morgan fingerprint density at radius 3 is 2.09 bits per heavy atom. The number of hydrogen-bond donors (Lipinski definition) is 0. The van der Waals surface area contributed by atoms with Crippen molar-refractivity contribution in [1.29, 1.82) is 0 Å². The van der Waals surface area contributed by atoms with Gasteiger partial charge in [-0.25, -0.2) is 0 Å². The summed E-state index contributed by atoms with van der Waals surface area (Å²) in [5, 5.41) is 0. The average Bonchev–Trinajstić information content (AvgIpc) is 2.05. The van der Waals surface area contributed by atoms with Gasteiger partial charge < -0.3 is 0 Å². The third-order valence-electron chi connectivity index (χ3n) is 1.78. The number of allylic oxidation sites excluding steroid dienone is 4. The molecule has 0 atom stereocenters. The second-order valence-electron chi connectivity index (χ2n) is 2.36. The molecule has 0 heteroatoms. The fourth-order valence-corrected chi connectivity index (χ4v) is 1.14. The molecule has 0 aliphatic heterocycles. The topological polar surface area (TPSA) is 0 Å². The summed E-state index contributed by atoms with van der Waals surface area (Å²) in [5.74, 6) is 2.56. The highest BCUT2D eigenvalue weighted by Gasteiger charge is 1.97. The Morgan fingerprint density at radius 2 is 1.82 bits per heavy atom. The van der Waals surface area contributed by atoms with Crippen molar-refractivity contribution in [2.75, 3.05) is 0 Å². The smallest absolute Gasteiger partial charge is 0.00869 e. The quantitative estimate of drug-likeness (QED) is 0.425. The van der Waals surface area contributed by atoms with E-state index in [9.17, 15) is 0 Å². The summed E-state index contributed by atoms with van der Waals surface area (Å²) in [4.78, 5) is 0. The molecule has 0 spiro atoms. The molecule has 0 unspecified atom stereocenters. The SMILES string of the molecule is C#C/C=C(CC)\C(=C/C)CC. The van der Waals surface area contributed by atoms with Gasteiger partial charge in [-0.2, -0.15) is 0 Å². The van der Waals surface area contributed by atoms with E-state index in [-0.39, 0.29) is 0 Å².